The Morgan fingerprint density at radius 2 is 1.67 bits per heavy atom. The van der Waals surface area contributed by atoms with Crippen molar-refractivity contribution in [2.24, 2.45) is 0 Å². The van der Waals surface area contributed by atoms with Crippen molar-refractivity contribution in [3.8, 4) is 17.2 Å². The Kier molecular flexibility index (Phi) is 10.3. The Balaban J connectivity index is 1.70. The van der Waals surface area contributed by atoms with E-state index < -0.39 is 28.5 Å². The Morgan fingerprint density at radius 3 is 2.33 bits per heavy atom. The van der Waals surface area contributed by atoms with Crippen LogP contribution in [0.3, 0.4) is 0 Å². The first-order valence-corrected chi connectivity index (χ1v) is 15.4. The van der Waals surface area contributed by atoms with Crippen molar-refractivity contribution in [1.82, 2.24) is 10.2 Å². The first-order valence-electron chi connectivity index (χ1n) is 13.9. The van der Waals surface area contributed by atoms with E-state index in [1.165, 1.54) is 17.0 Å². The van der Waals surface area contributed by atoms with Gasteiger partial charge in [-0.05, 0) is 55.3 Å². The fourth-order valence-corrected chi connectivity index (χ4v) is 5.91. The van der Waals surface area contributed by atoms with E-state index in [4.69, 9.17) is 14.2 Å². The van der Waals surface area contributed by atoms with Gasteiger partial charge < -0.3 is 24.4 Å². The molecule has 1 heterocycles. The first-order chi connectivity index (χ1) is 20.2. The zero-order chi connectivity index (χ0) is 30.1. The zero-order valence-corrected chi connectivity index (χ0v) is 24.9. The number of methoxy groups -OCH3 is 1. The number of carbonyl (C=O) groups is 2. The van der Waals surface area contributed by atoms with Gasteiger partial charge in [-0.2, -0.15) is 0 Å². The number of carbonyl (C=O) groups excluding carboxylic acids is 2. The van der Waals surface area contributed by atoms with Gasteiger partial charge in [0, 0.05) is 19.2 Å². The molecular formula is C31H37N3O7S. The third-order valence-electron chi connectivity index (χ3n) is 6.93. The van der Waals surface area contributed by atoms with E-state index in [2.05, 4.69) is 5.32 Å². The number of anilines is 1. The Bertz CT molecular complexity index is 1460. The highest BCUT2D eigenvalue weighted by atomic mass is 32.2. The Hall–Kier alpha value is -4.25. The van der Waals surface area contributed by atoms with Crippen LogP contribution in [0.15, 0.2) is 77.7 Å². The lowest BCUT2D eigenvalue weighted by Crippen LogP contribution is -2.51. The number of unbranched alkanes of at least 4 members (excludes halogenated alkanes) is 1. The highest BCUT2D eigenvalue weighted by Gasteiger charge is 2.33. The van der Waals surface area contributed by atoms with Crippen LogP contribution >= 0.6 is 0 Å². The first kappa shape index (κ1) is 30.7. The minimum atomic E-state index is -4.18. The minimum absolute atomic E-state index is 0.0275. The van der Waals surface area contributed by atoms with Crippen LogP contribution in [0.4, 0.5) is 5.69 Å². The number of hydrogen-bond acceptors (Lipinski definition) is 7. The van der Waals surface area contributed by atoms with Crippen molar-refractivity contribution in [3.63, 3.8) is 0 Å². The highest BCUT2D eigenvalue weighted by molar-refractivity contribution is 7.92. The van der Waals surface area contributed by atoms with Crippen LogP contribution in [-0.2, 0) is 26.2 Å². The topological polar surface area (TPSA) is 114 Å². The summed E-state index contributed by atoms with van der Waals surface area (Å²) < 4.78 is 45.5. The summed E-state index contributed by atoms with van der Waals surface area (Å²) in [6.07, 6.45) is 1.71. The summed E-state index contributed by atoms with van der Waals surface area (Å²) in [6.45, 7) is 4.40. The van der Waals surface area contributed by atoms with Crippen molar-refractivity contribution >= 4 is 27.5 Å². The van der Waals surface area contributed by atoms with Crippen molar-refractivity contribution in [3.05, 3.63) is 78.4 Å². The molecule has 1 atom stereocenters. The summed E-state index contributed by atoms with van der Waals surface area (Å²) in [5, 5.41) is 2.88. The van der Waals surface area contributed by atoms with Crippen LogP contribution in [-0.4, -0.2) is 64.6 Å². The van der Waals surface area contributed by atoms with Crippen molar-refractivity contribution < 1.29 is 32.2 Å². The van der Waals surface area contributed by atoms with Crippen LogP contribution in [0.2, 0.25) is 0 Å². The predicted molar refractivity (Wildman–Crippen MR) is 159 cm³/mol. The van der Waals surface area contributed by atoms with E-state index in [1.54, 1.807) is 74.7 Å². The number of sulfonamides is 1. The summed E-state index contributed by atoms with van der Waals surface area (Å²) in [4.78, 5) is 28.6. The van der Waals surface area contributed by atoms with Crippen molar-refractivity contribution in [2.45, 2.75) is 44.2 Å². The van der Waals surface area contributed by atoms with Crippen LogP contribution in [0.25, 0.3) is 0 Å². The molecule has 10 nitrogen and oxygen atoms in total. The van der Waals surface area contributed by atoms with Gasteiger partial charge in [0.15, 0.2) is 11.5 Å². The number of nitrogens with zero attached hydrogens (tertiary/aromatic N) is 2. The normalized spacial score (nSPS) is 13.1. The fraction of sp³-hybridized carbons (Fsp3) is 0.355. The second kappa shape index (κ2) is 14.1. The second-order valence-corrected chi connectivity index (χ2v) is 11.7. The van der Waals surface area contributed by atoms with E-state index in [0.717, 1.165) is 22.7 Å². The molecular weight excluding hydrogens is 558 g/mol. The monoisotopic (exact) mass is 595 g/mol. The lowest BCUT2D eigenvalue weighted by molar-refractivity contribution is -0.139. The molecule has 1 unspecified atom stereocenters. The van der Waals surface area contributed by atoms with Gasteiger partial charge in [-0.25, -0.2) is 8.42 Å². The predicted octanol–water partition coefficient (Wildman–Crippen LogP) is 4.00. The molecule has 2 amide bonds. The molecule has 224 valence electrons. The molecule has 0 aromatic heterocycles. The van der Waals surface area contributed by atoms with Gasteiger partial charge in [-0.1, -0.05) is 43.7 Å². The lowest BCUT2D eigenvalue weighted by Gasteiger charge is -2.32. The molecule has 1 aliphatic rings. The van der Waals surface area contributed by atoms with Crippen LogP contribution in [0.1, 0.15) is 32.3 Å². The van der Waals surface area contributed by atoms with Gasteiger partial charge in [0.25, 0.3) is 10.0 Å². The van der Waals surface area contributed by atoms with E-state index in [9.17, 15) is 18.0 Å². The molecule has 0 bridgehead atoms. The number of benzene rings is 3. The van der Waals surface area contributed by atoms with E-state index in [-0.39, 0.29) is 23.0 Å². The number of rotatable bonds is 13. The third-order valence-corrected chi connectivity index (χ3v) is 8.72. The van der Waals surface area contributed by atoms with Gasteiger partial charge in [0.1, 0.15) is 31.5 Å². The zero-order valence-electron chi connectivity index (χ0n) is 24.1. The molecule has 0 aliphatic carbocycles. The molecule has 11 heteroatoms. The quantitative estimate of drug-likeness (QED) is 0.297. The number of hydrogen-bond donors (Lipinski definition) is 1. The maximum atomic E-state index is 14.1. The summed E-state index contributed by atoms with van der Waals surface area (Å²) in [6, 6.07) is 19.0. The largest absolute Gasteiger partial charge is 0.497 e. The molecule has 1 N–H and O–H groups in total. The number of amides is 2. The minimum Gasteiger partial charge on any atom is -0.497 e. The van der Waals surface area contributed by atoms with Gasteiger partial charge in [0.2, 0.25) is 11.8 Å². The molecule has 0 saturated carbocycles. The third kappa shape index (κ3) is 7.33. The number of fused-ring (bicyclic) bond motifs is 1. The van der Waals surface area contributed by atoms with Crippen LogP contribution in [0.5, 0.6) is 17.2 Å². The molecule has 4 rings (SSSR count). The van der Waals surface area contributed by atoms with E-state index in [0.29, 0.717) is 37.0 Å². The molecule has 0 saturated heterocycles. The number of nitrogens with one attached hydrogen (secondary N) is 1. The maximum Gasteiger partial charge on any atom is 0.264 e. The molecule has 0 radical (unpaired) electrons. The SMILES string of the molecule is CCCCNC(=O)C(C)N(Cc1ccc(OC)cc1)C(=O)CN(c1ccc2c(c1)OCCO2)S(=O)(=O)c1ccccc1. The summed E-state index contributed by atoms with van der Waals surface area (Å²) in [5.41, 5.74) is 0.995. The van der Waals surface area contributed by atoms with E-state index in [1.807, 2.05) is 6.92 Å². The molecule has 3 aromatic rings. The number of ether oxygens (including phenoxy) is 3. The maximum absolute atomic E-state index is 14.1. The summed E-state index contributed by atoms with van der Waals surface area (Å²) in [7, 11) is -2.62. The summed E-state index contributed by atoms with van der Waals surface area (Å²) >= 11 is 0. The van der Waals surface area contributed by atoms with Gasteiger partial charge in [0.05, 0.1) is 17.7 Å². The molecule has 0 spiro atoms. The van der Waals surface area contributed by atoms with Crippen LogP contribution in [0, 0.1) is 0 Å². The Morgan fingerprint density at radius 1 is 0.976 bits per heavy atom. The van der Waals surface area contributed by atoms with Gasteiger partial charge in [-0.3, -0.25) is 13.9 Å². The average molecular weight is 596 g/mol. The standard InChI is InChI=1S/C31H37N3O7S/c1-4-5-17-32-31(36)23(2)33(21-24-11-14-26(39-3)15-12-24)30(35)22-34(42(37,38)27-9-7-6-8-10-27)25-13-16-28-29(20-25)41-19-18-40-28/h6-16,20,23H,4-5,17-19,21-22H2,1-3H3,(H,32,36). The fourth-order valence-electron chi connectivity index (χ4n) is 4.48. The molecule has 1 aliphatic heterocycles. The summed E-state index contributed by atoms with van der Waals surface area (Å²) in [5.74, 6) is 0.672. The van der Waals surface area contributed by atoms with Crippen LogP contribution < -0.4 is 23.8 Å². The van der Waals surface area contributed by atoms with E-state index >= 15 is 0 Å². The molecule has 3 aromatic carbocycles. The lowest BCUT2D eigenvalue weighted by atomic mass is 10.1. The molecule has 42 heavy (non-hydrogen) atoms. The van der Waals surface area contributed by atoms with Crippen molar-refractivity contribution in [2.75, 3.05) is 37.7 Å². The smallest absolute Gasteiger partial charge is 0.264 e. The highest BCUT2D eigenvalue weighted by Crippen LogP contribution is 2.36. The van der Waals surface area contributed by atoms with Crippen molar-refractivity contribution in [1.29, 1.82) is 0 Å². The Labute approximate surface area is 247 Å². The molecule has 0 fully saturated rings. The van der Waals surface area contributed by atoms with Gasteiger partial charge >= 0.3 is 0 Å². The van der Waals surface area contributed by atoms with Gasteiger partial charge in [-0.15, -0.1) is 0 Å². The second-order valence-electron chi connectivity index (χ2n) is 9.84. The average Bonchev–Trinajstić information content (AvgIpc) is 3.02.